The molecule has 114 valence electrons. The van der Waals surface area contributed by atoms with E-state index in [1.807, 2.05) is 0 Å². The molecule has 0 spiro atoms. The van der Waals surface area contributed by atoms with E-state index < -0.39 is 0 Å². The molecule has 1 saturated heterocycles. The Morgan fingerprint density at radius 2 is 1.95 bits per heavy atom. The fourth-order valence-electron chi connectivity index (χ4n) is 3.06. The molecule has 0 radical (unpaired) electrons. The summed E-state index contributed by atoms with van der Waals surface area (Å²) in [6.07, 6.45) is 1.76. The second-order valence-corrected chi connectivity index (χ2v) is 5.57. The standard InChI is InChI=1S/C18H17F2NO/c19-14-6-3-5-13(11-14)12-18(22)21-10-4-9-17(21)15-7-1-2-8-16(15)20/h1-3,5-8,11,17H,4,9-10,12H2/t17-/m1/s1. The van der Waals surface area contributed by atoms with Gasteiger partial charge in [-0.25, -0.2) is 8.78 Å². The van der Waals surface area contributed by atoms with Gasteiger partial charge < -0.3 is 4.90 Å². The zero-order valence-corrected chi connectivity index (χ0v) is 12.1. The minimum absolute atomic E-state index is 0.0867. The highest BCUT2D eigenvalue weighted by Crippen LogP contribution is 2.33. The fraction of sp³-hybridized carbons (Fsp3) is 0.278. The number of rotatable bonds is 3. The number of likely N-dealkylation sites (tertiary alicyclic amines) is 1. The third-order valence-electron chi connectivity index (χ3n) is 4.08. The van der Waals surface area contributed by atoms with Crippen molar-refractivity contribution in [3.8, 4) is 0 Å². The Labute approximate surface area is 128 Å². The van der Waals surface area contributed by atoms with Crippen molar-refractivity contribution in [2.24, 2.45) is 0 Å². The molecule has 1 aliphatic heterocycles. The zero-order valence-electron chi connectivity index (χ0n) is 12.1. The summed E-state index contributed by atoms with van der Waals surface area (Å²) in [5, 5.41) is 0. The van der Waals surface area contributed by atoms with Crippen molar-refractivity contribution in [3.05, 3.63) is 71.3 Å². The number of carbonyl (C=O) groups is 1. The van der Waals surface area contributed by atoms with Crippen molar-refractivity contribution in [1.29, 1.82) is 0 Å². The Bertz CT molecular complexity index is 686. The van der Waals surface area contributed by atoms with Crippen LogP contribution in [0.2, 0.25) is 0 Å². The maximum absolute atomic E-state index is 14.0. The molecule has 1 amide bonds. The largest absolute Gasteiger partial charge is 0.335 e. The highest BCUT2D eigenvalue weighted by Gasteiger charge is 2.31. The predicted molar refractivity (Wildman–Crippen MR) is 80.2 cm³/mol. The van der Waals surface area contributed by atoms with Crippen LogP contribution in [0, 0.1) is 11.6 Å². The number of carbonyl (C=O) groups excluding carboxylic acids is 1. The molecule has 0 aliphatic carbocycles. The van der Waals surface area contributed by atoms with Crippen LogP contribution >= 0.6 is 0 Å². The second kappa shape index (κ2) is 6.26. The average molecular weight is 301 g/mol. The Kier molecular flexibility index (Phi) is 4.18. The Hall–Kier alpha value is -2.23. The molecular weight excluding hydrogens is 284 g/mol. The highest BCUT2D eigenvalue weighted by molar-refractivity contribution is 5.79. The van der Waals surface area contributed by atoms with Crippen LogP contribution in [0.5, 0.6) is 0 Å². The summed E-state index contributed by atoms with van der Waals surface area (Å²) >= 11 is 0. The van der Waals surface area contributed by atoms with E-state index in [-0.39, 0.29) is 30.0 Å². The number of nitrogens with zero attached hydrogens (tertiary/aromatic N) is 1. The van der Waals surface area contributed by atoms with Gasteiger partial charge in [-0.1, -0.05) is 30.3 Å². The quantitative estimate of drug-likeness (QED) is 0.842. The number of halogens is 2. The number of hydrogen-bond donors (Lipinski definition) is 0. The molecule has 0 aromatic heterocycles. The van der Waals surface area contributed by atoms with Gasteiger partial charge in [0.15, 0.2) is 0 Å². The molecule has 22 heavy (non-hydrogen) atoms. The lowest BCUT2D eigenvalue weighted by Gasteiger charge is -2.25. The number of hydrogen-bond acceptors (Lipinski definition) is 1. The summed E-state index contributed by atoms with van der Waals surface area (Å²) < 4.78 is 27.2. The molecule has 0 saturated carbocycles. The molecule has 4 heteroatoms. The van der Waals surface area contributed by atoms with Crippen LogP contribution in [0.4, 0.5) is 8.78 Å². The maximum Gasteiger partial charge on any atom is 0.227 e. The molecule has 1 heterocycles. The molecule has 1 atom stereocenters. The summed E-state index contributed by atoms with van der Waals surface area (Å²) in [5.41, 5.74) is 1.21. The van der Waals surface area contributed by atoms with E-state index in [0.717, 1.165) is 12.8 Å². The summed E-state index contributed by atoms with van der Waals surface area (Å²) in [6.45, 7) is 0.618. The smallest absolute Gasteiger partial charge is 0.227 e. The van der Waals surface area contributed by atoms with Crippen molar-refractivity contribution in [2.45, 2.75) is 25.3 Å². The topological polar surface area (TPSA) is 20.3 Å². The van der Waals surface area contributed by atoms with Gasteiger partial charge in [0.2, 0.25) is 5.91 Å². The van der Waals surface area contributed by atoms with Gasteiger partial charge in [-0.15, -0.1) is 0 Å². The molecule has 2 nitrogen and oxygen atoms in total. The first-order valence-corrected chi connectivity index (χ1v) is 7.43. The van der Waals surface area contributed by atoms with Crippen LogP contribution in [-0.2, 0) is 11.2 Å². The van der Waals surface area contributed by atoms with E-state index in [4.69, 9.17) is 0 Å². The summed E-state index contributed by atoms with van der Waals surface area (Å²) in [6, 6.07) is 12.4. The van der Waals surface area contributed by atoms with Gasteiger partial charge in [0.05, 0.1) is 12.5 Å². The van der Waals surface area contributed by atoms with E-state index in [0.29, 0.717) is 17.7 Å². The molecule has 2 aromatic carbocycles. The van der Waals surface area contributed by atoms with E-state index in [9.17, 15) is 13.6 Å². The van der Waals surface area contributed by atoms with E-state index in [1.165, 1.54) is 18.2 Å². The lowest BCUT2D eigenvalue weighted by molar-refractivity contribution is -0.131. The van der Waals surface area contributed by atoms with Gasteiger partial charge in [-0.3, -0.25) is 4.79 Å². The van der Waals surface area contributed by atoms with Gasteiger partial charge in [-0.2, -0.15) is 0 Å². The van der Waals surface area contributed by atoms with Crippen LogP contribution < -0.4 is 0 Å². The fourth-order valence-corrected chi connectivity index (χ4v) is 3.06. The van der Waals surface area contributed by atoms with Crippen LogP contribution in [-0.4, -0.2) is 17.4 Å². The zero-order chi connectivity index (χ0) is 15.5. The predicted octanol–water partition coefficient (Wildman–Crippen LogP) is 3.87. The summed E-state index contributed by atoms with van der Waals surface area (Å²) in [5.74, 6) is -0.716. The number of benzene rings is 2. The third-order valence-corrected chi connectivity index (χ3v) is 4.08. The first-order valence-electron chi connectivity index (χ1n) is 7.43. The monoisotopic (exact) mass is 301 g/mol. The molecule has 3 rings (SSSR count). The minimum Gasteiger partial charge on any atom is -0.335 e. The molecule has 0 N–H and O–H groups in total. The van der Waals surface area contributed by atoms with Crippen molar-refractivity contribution >= 4 is 5.91 Å². The van der Waals surface area contributed by atoms with Gasteiger partial charge in [0.25, 0.3) is 0 Å². The molecule has 0 bridgehead atoms. The van der Waals surface area contributed by atoms with Gasteiger partial charge in [0.1, 0.15) is 11.6 Å². The van der Waals surface area contributed by atoms with Crippen LogP contribution in [0.1, 0.15) is 30.0 Å². The summed E-state index contributed by atoms with van der Waals surface area (Å²) in [4.78, 5) is 14.2. The molecule has 1 fully saturated rings. The van der Waals surface area contributed by atoms with Crippen LogP contribution in [0.3, 0.4) is 0 Å². The molecule has 1 aliphatic rings. The first-order chi connectivity index (χ1) is 10.6. The average Bonchev–Trinajstić information content (AvgIpc) is 2.97. The minimum atomic E-state index is -0.350. The van der Waals surface area contributed by atoms with Gasteiger partial charge in [0, 0.05) is 12.1 Å². The lowest BCUT2D eigenvalue weighted by atomic mass is 10.0. The van der Waals surface area contributed by atoms with Crippen LogP contribution in [0.15, 0.2) is 48.5 Å². The number of amides is 1. The van der Waals surface area contributed by atoms with E-state index in [2.05, 4.69) is 0 Å². The van der Waals surface area contributed by atoms with Crippen molar-refractivity contribution in [1.82, 2.24) is 4.90 Å². The first kappa shape index (κ1) is 14.7. The Balaban J connectivity index is 1.78. The van der Waals surface area contributed by atoms with Crippen molar-refractivity contribution < 1.29 is 13.6 Å². The van der Waals surface area contributed by atoms with Gasteiger partial charge in [-0.05, 0) is 36.6 Å². The van der Waals surface area contributed by atoms with Gasteiger partial charge >= 0.3 is 0 Å². The Morgan fingerprint density at radius 1 is 1.14 bits per heavy atom. The maximum atomic E-state index is 14.0. The van der Waals surface area contributed by atoms with Crippen molar-refractivity contribution in [2.75, 3.05) is 6.54 Å². The second-order valence-electron chi connectivity index (χ2n) is 5.57. The molecule has 2 aromatic rings. The van der Waals surface area contributed by atoms with E-state index >= 15 is 0 Å². The normalized spacial score (nSPS) is 17.7. The SMILES string of the molecule is O=C(Cc1cccc(F)c1)N1CCC[C@@H]1c1ccccc1F. The molecule has 0 unspecified atom stereocenters. The van der Waals surface area contributed by atoms with Crippen LogP contribution in [0.25, 0.3) is 0 Å². The highest BCUT2D eigenvalue weighted by atomic mass is 19.1. The summed E-state index contributed by atoms with van der Waals surface area (Å²) in [7, 11) is 0. The Morgan fingerprint density at radius 3 is 2.73 bits per heavy atom. The third kappa shape index (κ3) is 3.01. The lowest BCUT2D eigenvalue weighted by Crippen LogP contribution is -2.32. The van der Waals surface area contributed by atoms with E-state index in [1.54, 1.807) is 35.2 Å². The molecular formula is C18H17F2NO. The van der Waals surface area contributed by atoms with Crippen molar-refractivity contribution in [3.63, 3.8) is 0 Å².